The molecule has 0 spiro atoms. The van der Waals surface area contributed by atoms with Crippen molar-refractivity contribution < 1.29 is 17.9 Å². The zero-order valence-electron chi connectivity index (χ0n) is 13.8. The maximum absolute atomic E-state index is 12.5. The minimum absolute atomic E-state index is 0.0625. The van der Waals surface area contributed by atoms with E-state index >= 15 is 0 Å². The molecule has 1 saturated heterocycles. The Hall–Kier alpha value is -1.60. The summed E-state index contributed by atoms with van der Waals surface area (Å²) in [6.45, 7) is 4.30. The smallest absolute Gasteiger partial charge is 0.228 e. The Morgan fingerprint density at radius 3 is 2.83 bits per heavy atom. The first kappa shape index (κ1) is 17.7. The highest BCUT2D eigenvalue weighted by molar-refractivity contribution is 7.89. The van der Waals surface area contributed by atoms with Crippen molar-refractivity contribution in [2.24, 2.45) is 5.92 Å². The number of nitrogens with zero attached hydrogens (tertiary/aromatic N) is 1. The largest absolute Gasteiger partial charge is 0.495 e. The molecule has 0 aromatic heterocycles. The van der Waals surface area contributed by atoms with E-state index in [-0.39, 0.29) is 24.1 Å². The van der Waals surface area contributed by atoms with Crippen molar-refractivity contribution >= 4 is 21.6 Å². The van der Waals surface area contributed by atoms with Crippen LogP contribution in [0.25, 0.3) is 0 Å². The molecule has 23 heavy (non-hydrogen) atoms. The van der Waals surface area contributed by atoms with Crippen molar-refractivity contribution in [2.45, 2.75) is 26.7 Å². The molecular weight excluding hydrogens is 316 g/mol. The van der Waals surface area contributed by atoms with Crippen LogP contribution in [0.5, 0.6) is 5.75 Å². The number of benzene rings is 1. The minimum atomic E-state index is -3.25. The molecule has 1 fully saturated rings. The summed E-state index contributed by atoms with van der Waals surface area (Å²) in [6, 6.07) is 5.56. The third-order valence-electron chi connectivity index (χ3n) is 4.13. The summed E-state index contributed by atoms with van der Waals surface area (Å²) < 4.78 is 30.7. The van der Waals surface area contributed by atoms with Gasteiger partial charge in [-0.25, -0.2) is 12.7 Å². The fourth-order valence-electron chi connectivity index (χ4n) is 2.75. The number of methoxy groups -OCH3 is 1. The number of rotatable bonds is 5. The summed E-state index contributed by atoms with van der Waals surface area (Å²) in [6.07, 6.45) is 1.39. The van der Waals surface area contributed by atoms with Crippen molar-refractivity contribution in [3.8, 4) is 5.75 Å². The van der Waals surface area contributed by atoms with Crippen LogP contribution in [-0.2, 0) is 14.8 Å². The number of carbonyl (C=O) groups is 1. The van der Waals surface area contributed by atoms with E-state index in [4.69, 9.17) is 4.74 Å². The molecule has 1 atom stereocenters. The minimum Gasteiger partial charge on any atom is -0.495 e. The highest BCUT2D eigenvalue weighted by Crippen LogP contribution is 2.27. The van der Waals surface area contributed by atoms with Crippen LogP contribution >= 0.6 is 0 Å². The summed E-state index contributed by atoms with van der Waals surface area (Å²) in [5, 5.41) is 2.88. The van der Waals surface area contributed by atoms with Crippen LogP contribution in [0.4, 0.5) is 5.69 Å². The quantitative estimate of drug-likeness (QED) is 0.889. The highest BCUT2D eigenvalue weighted by Gasteiger charge is 2.31. The second kappa shape index (κ2) is 7.31. The summed E-state index contributed by atoms with van der Waals surface area (Å²) in [5.41, 5.74) is 1.63. The van der Waals surface area contributed by atoms with E-state index in [0.717, 1.165) is 5.56 Å². The molecule has 7 heteroatoms. The molecule has 6 nitrogen and oxygen atoms in total. The molecule has 1 heterocycles. The first-order chi connectivity index (χ1) is 10.9. The molecule has 1 aromatic rings. The topological polar surface area (TPSA) is 75.7 Å². The van der Waals surface area contributed by atoms with Crippen molar-refractivity contribution in [3.05, 3.63) is 23.8 Å². The Bertz CT molecular complexity index is 673. The van der Waals surface area contributed by atoms with Gasteiger partial charge in [-0.3, -0.25) is 4.79 Å². The molecule has 1 aliphatic rings. The van der Waals surface area contributed by atoms with Crippen molar-refractivity contribution in [1.29, 1.82) is 0 Å². The molecule has 1 aromatic carbocycles. The van der Waals surface area contributed by atoms with E-state index in [1.54, 1.807) is 20.1 Å². The zero-order chi connectivity index (χ0) is 17.0. The summed E-state index contributed by atoms with van der Waals surface area (Å²) in [7, 11) is -1.70. The number of carbonyl (C=O) groups excluding carboxylic acids is 1. The second-order valence-electron chi connectivity index (χ2n) is 5.79. The number of anilines is 1. The van der Waals surface area contributed by atoms with Crippen LogP contribution in [-0.4, -0.2) is 44.6 Å². The molecule has 0 aliphatic carbocycles. The Balaban J connectivity index is 2.10. The van der Waals surface area contributed by atoms with E-state index in [1.807, 2.05) is 19.1 Å². The third-order valence-corrected chi connectivity index (χ3v) is 5.97. The maximum Gasteiger partial charge on any atom is 0.228 e. The first-order valence-corrected chi connectivity index (χ1v) is 9.41. The van der Waals surface area contributed by atoms with Gasteiger partial charge in [0, 0.05) is 13.1 Å². The molecule has 0 radical (unpaired) electrons. The van der Waals surface area contributed by atoms with Gasteiger partial charge in [-0.05, 0) is 44.4 Å². The van der Waals surface area contributed by atoms with Gasteiger partial charge in [0.1, 0.15) is 5.75 Å². The normalized spacial score (nSPS) is 19.3. The van der Waals surface area contributed by atoms with Gasteiger partial charge in [0.05, 0.1) is 24.5 Å². The number of piperidine rings is 1. The number of amides is 1. The Morgan fingerprint density at radius 1 is 1.43 bits per heavy atom. The van der Waals surface area contributed by atoms with E-state index in [0.29, 0.717) is 30.8 Å². The third kappa shape index (κ3) is 4.23. The van der Waals surface area contributed by atoms with Crippen LogP contribution < -0.4 is 10.1 Å². The summed E-state index contributed by atoms with van der Waals surface area (Å²) in [5.74, 6) is 0.158. The Kier molecular flexibility index (Phi) is 5.64. The average Bonchev–Trinajstić information content (AvgIpc) is 2.55. The van der Waals surface area contributed by atoms with Crippen molar-refractivity contribution in [2.75, 3.05) is 31.3 Å². The lowest BCUT2D eigenvalue weighted by Gasteiger charge is -2.31. The van der Waals surface area contributed by atoms with Crippen LogP contribution in [0.3, 0.4) is 0 Å². The Morgan fingerprint density at radius 2 is 2.17 bits per heavy atom. The highest BCUT2D eigenvalue weighted by atomic mass is 32.2. The van der Waals surface area contributed by atoms with Crippen LogP contribution in [0, 0.1) is 12.8 Å². The van der Waals surface area contributed by atoms with Crippen LogP contribution in [0.15, 0.2) is 18.2 Å². The van der Waals surface area contributed by atoms with Gasteiger partial charge < -0.3 is 10.1 Å². The lowest BCUT2D eigenvalue weighted by Crippen LogP contribution is -2.44. The van der Waals surface area contributed by atoms with Gasteiger partial charge in [-0.2, -0.15) is 0 Å². The number of ether oxygens (including phenoxy) is 1. The molecule has 128 valence electrons. The van der Waals surface area contributed by atoms with Crippen molar-refractivity contribution in [3.63, 3.8) is 0 Å². The molecule has 1 aliphatic heterocycles. The first-order valence-electron chi connectivity index (χ1n) is 7.80. The predicted molar refractivity (Wildman–Crippen MR) is 90.1 cm³/mol. The number of hydrogen-bond acceptors (Lipinski definition) is 4. The lowest BCUT2D eigenvalue weighted by atomic mass is 9.98. The van der Waals surface area contributed by atoms with Gasteiger partial charge in [0.2, 0.25) is 15.9 Å². The molecule has 0 saturated carbocycles. The number of sulfonamides is 1. The zero-order valence-corrected chi connectivity index (χ0v) is 14.6. The Labute approximate surface area is 137 Å². The van der Waals surface area contributed by atoms with E-state index in [9.17, 15) is 13.2 Å². The van der Waals surface area contributed by atoms with Gasteiger partial charge >= 0.3 is 0 Å². The van der Waals surface area contributed by atoms with Crippen molar-refractivity contribution in [1.82, 2.24) is 4.31 Å². The number of aryl methyl sites for hydroxylation is 1. The lowest BCUT2D eigenvalue weighted by molar-refractivity contribution is -0.120. The fraction of sp³-hybridized carbons (Fsp3) is 0.562. The van der Waals surface area contributed by atoms with E-state index in [2.05, 4.69) is 5.32 Å². The fourth-order valence-corrected chi connectivity index (χ4v) is 3.93. The second-order valence-corrected chi connectivity index (χ2v) is 8.05. The SMILES string of the molecule is CCS(=O)(=O)N1CCC[C@H](C(=O)Nc2cc(C)ccc2OC)C1. The molecule has 0 unspecified atom stereocenters. The molecule has 1 N–H and O–H groups in total. The standard InChI is InChI=1S/C16H24N2O4S/c1-4-23(20,21)18-9-5-6-13(11-18)16(19)17-14-10-12(2)7-8-15(14)22-3/h7-8,10,13H,4-6,9,11H2,1-3H3,(H,17,19)/t13-/m0/s1. The summed E-state index contributed by atoms with van der Waals surface area (Å²) >= 11 is 0. The molecule has 1 amide bonds. The van der Waals surface area contributed by atoms with Gasteiger partial charge in [-0.1, -0.05) is 6.07 Å². The average molecular weight is 340 g/mol. The molecular formula is C16H24N2O4S. The van der Waals surface area contributed by atoms with Crippen LogP contribution in [0.1, 0.15) is 25.3 Å². The number of hydrogen-bond donors (Lipinski definition) is 1. The molecule has 0 bridgehead atoms. The van der Waals surface area contributed by atoms with E-state index < -0.39 is 10.0 Å². The monoisotopic (exact) mass is 340 g/mol. The number of nitrogens with one attached hydrogen (secondary N) is 1. The van der Waals surface area contributed by atoms with Crippen LogP contribution in [0.2, 0.25) is 0 Å². The van der Waals surface area contributed by atoms with Gasteiger partial charge in [-0.15, -0.1) is 0 Å². The van der Waals surface area contributed by atoms with E-state index in [1.165, 1.54) is 4.31 Å². The molecule has 2 rings (SSSR count). The van der Waals surface area contributed by atoms with Gasteiger partial charge in [0.15, 0.2) is 0 Å². The maximum atomic E-state index is 12.5. The van der Waals surface area contributed by atoms with Gasteiger partial charge in [0.25, 0.3) is 0 Å². The summed E-state index contributed by atoms with van der Waals surface area (Å²) in [4.78, 5) is 12.5. The predicted octanol–water partition coefficient (Wildman–Crippen LogP) is 2.00.